The summed E-state index contributed by atoms with van der Waals surface area (Å²) in [5, 5.41) is 3.24. The lowest BCUT2D eigenvalue weighted by Crippen LogP contribution is -2.53. The quantitative estimate of drug-likeness (QED) is 0.751. The molecule has 5 heteroatoms. The Balaban J connectivity index is 2.23. The lowest BCUT2D eigenvalue weighted by Gasteiger charge is -2.39. The summed E-state index contributed by atoms with van der Waals surface area (Å²) in [6, 6.07) is 1.74. The zero-order valence-corrected chi connectivity index (χ0v) is 8.49. The van der Waals surface area contributed by atoms with Crippen molar-refractivity contribution in [1.82, 2.24) is 4.98 Å². The molecular formula is C10H13N3O2. The smallest absolute Gasteiger partial charge is 0.252 e. The minimum absolute atomic E-state index is 0.106. The number of aromatic nitrogens is 1. The molecule has 0 radical (unpaired) electrons. The van der Waals surface area contributed by atoms with Crippen molar-refractivity contribution in [3.05, 3.63) is 24.0 Å². The molecule has 3 N–H and O–H groups in total. The number of anilines is 1. The lowest BCUT2D eigenvalue weighted by atomic mass is 9.99. The molecule has 0 bridgehead atoms. The molecule has 80 valence electrons. The third-order valence-corrected chi connectivity index (χ3v) is 2.36. The van der Waals surface area contributed by atoms with Crippen LogP contribution in [0.4, 0.5) is 5.69 Å². The predicted molar refractivity (Wildman–Crippen MR) is 55.6 cm³/mol. The van der Waals surface area contributed by atoms with E-state index >= 15 is 0 Å². The van der Waals surface area contributed by atoms with Gasteiger partial charge in [-0.3, -0.25) is 9.78 Å². The molecule has 0 spiro atoms. The Hall–Kier alpha value is -1.62. The van der Waals surface area contributed by atoms with E-state index in [1.165, 1.54) is 6.20 Å². The van der Waals surface area contributed by atoms with Gasteiger partial charge in [-0.15, -0.1) is 0 Å². The van der Waals surface area contributed by atoms with E-state index in [-0.39, 0.29) is 5.54 Å². The van der Waals surface area contributed by atoms with Gasteiger partial charge in [0.2, 0.25) is 0 Å². The van der Waals surface area contributed by atoms with Crippen molar-refractivity contribution < 1.29 is 9.53 Å². The van der Waals surface area contributed by atoms with Crippen molar-refractivity contribution >= 4 is 11.6 Å². The van der Waals surface area contributed by atoms with Crippen molar-refractivity contribution in [3.8, 4) is 0 Å². The van der Waals surface area contributed by atoms with Crippen molar-refractivity contribution in [2.75, 3.05) is 18.5 Å². The maximum atomic E-state index is 11.1. The van der Waals surface area contributed by atoms with E-state index in [1.807, 2.05) is 6.92 Å². The maximum Gasteiger partial charge on any atom is 0.252 e. The SMILES string of the molecule is CC1(Nc2ccncc2C(N)=O)COC1. The molecule has 1 aromatic heterocycles. The predicted octanol–water partition coefficient (Wildman–Crippen LogP) is 0.381. The topological polar surface area (TPSA) is 77.2 Å². The van der Waals surface area contributed by atoms with E-state index in [9.17, 15) is 4.79 Å². The van der Waals surface area contributed by atoms with E-state index < -0.39 is 5.91 Å². The molecule has 5 nitrogen and oxygen atoms in total. The Morgan fingerprint density at radius 2 is 2.40 bits per heavy atom. The minimum Gasteiger partial charge on any atom is -0.376 e. The number of amides is 1. The van der Waals surface area contributed by atoms with Crippen LogP contribution in [0, 0.1) is 0 Å². The Morgan fingerprint density at radius 1 is 1.67 bits per heavy atom. The number of ether oxygens (including phenoxy) is 1. The summed E-state index contributed by atoms with van der Waals surface area (Å²) >= 11 is 0. The van der Waals surface area contributed by atoms with Crippen LogP contribution in [-0.4, -0.2) is 29.6 Å². The van der Waals surface area contributed by atoms with Crippen LogP contribution in [0.1, 0.15) is 17.3 Å². The number of carbonyl (C=O) groups is 1. The summed E-state index contributed by atoms with van der Waals surface area (Å²) in [5.74, 6) is -0.477. The molecule has 1 amide bonds. The largest absolute Gasteiger partial charge is 0.376 e. The molecule has 0 saturated carbocycles. The van der Waals surface area contributed by atoms with Crippen molar-refractivity contribution in [2.45, 2.75) is 12.5 Å². The van der Waals surface area contributed by atoms with Gasteiger partial charge in [-0.25, -0.2) is 0 Å². The van der Waals surface area contributed by atoms with Gasteiger partial charge < -0.3 is 15.8 Å². The van der Waals surface area contributed by atoms with E-state index in [1.54, 1.807) is 12.3 Å². The van der Waals surface area contributed by atoms with Gasteiger partial charge in [-0.1, -0.05) is 0 Å². The molecule has 0 aromatic carbocycles. The van der Waals surface area contributed by atoms with E-state index in [4.69, 9.17) is 10.5 Å². The van der Waals surface area contributed by atoms with Crippen LogP contribution in [0.25, 0.3) is 0 Å². The van der Waals surface area contributed by atoms with Crippen molar-refractivity contribution in [2.24, 2.45) is 5.73 Å². The van der Waals surface area contributed by atoms with E-state index in [0.29, 0.717) is 24.5 Å². The highest BCUT2D eigenvalue weighted by molar-refractivity contribution is 5.98. The second kappa shape index (κ2) is 3.51. The third-order valence-electron chi connectivity index (χ3n) is 2.36. The fourth-order valence-electron chi connectivity index (χ4n) is 1.51. The zero-order chi connectivity index (χ0) is 10.9. The Morgan fingerprint density at radius 3 is 2.93 bits per heavy atom. The van der Waals surface area contributed by atoms with Crippen LogP contribution in [0.5, 0.6) is 0 Å². The Kier molecular flexibility index (Phi) is 2.32. The molecule has 1 aliphatic heterocycles. The molecule has 0 atom stereocenters. The molecule has 1 saturated heterocycles. The number of rotatable bonds is 3. The number of hydrogen-bond acceptors (Lipinski definition) is 4. The number of carbonyl (C=O) groups excluding carboxylic acids is 1. The van der Waals surface area contributed by atoms with Crippen molar-refractivity contribution in [3.63, 3.8) is 0 Å². The van der Waals surface area contributed by atoms with Gasteiger partial charge in [-0.2, -0.15) is 0 Å². The first-order valence-corrected chi connectivity index (χ1v) is 4.70. The molecular weight excluding hydrogens is 194 g/mol. The Labute approximate surface area is 87.6 Å². The van der Waals surface area contributed by atoms with Gasteiger partial charge in [0.1, 0.15) is 0 Å². The van der Waals surface area contributed by atoms with Crippen LogP contribution in [0.3, 0.4) is 0 Å². The molecule has 2 heterocycles. The molecule has 0 unspecified atom stereocenters. The van der Waals surface area contributed by atoms with Gasteiger partial charge in [0.15, 0.2) is 0 Å². The molecule has 1 fully saturated rings. The second-order valence-electron chi connectivity index (χ2n) is 3.96. The summed E-state index contributed by atoms with van der Waals surface area (Å²) in [6.07, 6.45) is 3.09. The number of nitrogens with zero attached hydrogens (tertiary/aromatic N) is 1. The summed E-state index contributed by atoms with van der Waals surface area (Å²) in [6.45, 7) is 3.29. The number of nitrogens with two attached hydrogens (primary N) is 1. The van der Waals surface area contributed by atoms with Crippen LogP contribution in [-0.2, 0) is 4.74 Å². The molecule has 15 heavy (non-hydrogen) atoms. The fraction of sp³-hybridized carbons (Fsp3) is 0.400. The molecule has 1 aliphatic rings. The Bertz CT molecular complexity index is 388. The number of pyridine rings is 1. The highest BCUT2D eigenvalue weighted by atomic mass is 16.5. The monoisotopic (exact) mass is 207 g/mol. The molecule has 0 aliphatic carbocycles. The summed E-state index contributed by atoms with van der Waals surface area (Å²) in [5.41, 5.74) is 6.26. The number of hydrogen-bond donors (Lipinski definition) is 2. The lowest BCUT2D eigenvalue weighted by molar-refractivity contribution is -0.0318. The van der Waals surface area contributed by atoms with Crippen LogP contribution in [0.15, 0.2) is 18.5 Å². The third kappa shape index (κ3) is 1.92. The average Bonchev–Trinajstić information content (AvgIpc) is 2.16. The number of nitrogens with one attached hydrogen (secondary N) is 1. The summed E-state index contributed by atoms with van der Waals surface area (Å²) < 4.78 is 5.12. The minimum atomic E-state index is -0.477. The standard InChI is InChI=1S/C10H13N3O2/c1-10(5-15-6-10)13-8-2-3-12-4-7(8)9(11)14/h2-4H,5-6H2,1H3,(H2,11,14)(H,12,13). The van der Waals surface area contributed by atoms with Crippen molar-refractivity contribution in [1.29, 1.82) is 0 Å². The molecule has 1 aromatic rings. The van der Waals surface area contributed by atoms with Gasteiger partial charge in [0.25, 0.3) is 5.91 Å². The highest BCUT2D eigenvalue weighted by Gasteiger charge is 2.33. The first kappa shape index (κ1) is 9.92. The first-order valence-electron chi connectivity index (χ1n) is 4.70. The van der Waals surface area contributed by atoms with Crippen LogP contribution < -0.4 is 11.1 Å². The molecule has 2 rings (SSSR count). The van der Waals surface area contributed by atoms with Gasteiger partial charge in [-0.05, 0) is 13.0 Å². The zero-order valence-electron chi connectivity index (χ0n) is 8.49. The van der Waals surface area contributed by atoms with Gasteiger partial charge in [0.05, 0.1) is 30.0 Å². The van der Waals surface area contributed by atoms with Crippen LogP contribution >= 0.6 is 0 Å². The second-order valence-corrected chi connectivity index (χ2v) is 3.96. The highest BCUT2D eigenvalue weighted by Crippen LogP contribution is 2.24. The maximum absolute atomic E-state index is 11.1. The summed E-state index contributed by atoms with van der Waals surface area (Å²) in [4.78, 5) is 15.0. The average molecular weight is 207 g/mol. The van der Waals surface area contributed by atoms with Gasteiger partial charge in [0, 0.05) is 12.4 Å². The summed E-state index contributed by atoms with van der Waals surface area (Å²) in [7, 11) is 0. The first-order chi connectivity index (χ1) is 7.11. The normalized spacial score (nSPS) is 17.9. The number of primary amides is 1. The van der Waals surface area contributed by atoms with Crippen LogP contribution in [0.2, 0.25) is 0 Å². The fourth-order valence-corrected chi connectivity index (χ4v) is 1.51. The van der Waals surface area contributed by atoms with Gasteiger partial charge >= 0.3 is 0 Å². The van der Waals surface area contributed by atoms with E-state index in [0.717, 1.165) is 0 Å². The van der Waals surface area contributed by atoms with E-state index in [2.05, 4.69) is 10.3 Å².